The highest BCUT2D eigenvalue weighted by atomic mass is 15.2. The van der Waals surface area contributed by atoms with E-state index in [2.05, 4.69) is 24.1 Å². The monoisotopic (exact) mass is 238 g/mol. The van der Waals surface area contributed by atoms with Crippen LogP contribution in [0.15, 0.2) is 0 Å². The van der Waals surface area contributed by atoms with Crippen LogP contribution in [0.5, 0.6) is 0 Å². The summed E-state index contributed by atoms with van der Waals surface area (Å²) in [5, 5.41) is 3.74. The molecule has 1 saturated heterocycles. The summed E-state index contributed by atoms with van der Waals surface area (Å²) in [5.41, 5.74) is 0. The highest BCUT2D eigenvalue weighted by Gasteiger charge is 2.32. The van der Waals surface area contributed by atoms with E-state index in [9.17, 15) is 0 Å². The van der Waals surface area contributed by atoms with Crippen LogP contribution in [0.1, 0.15) is 52.4 Å². The van der Waals surface area contributed by atoms with Gasteiger partial charge in [0.25, 0.3) is 0 Å². The molecule has 1 N–H and O–H groups in total. The van der Waals surface area contributed by atoms with Gasteiger partial charge in [0.15, 0.2) is 0 Å². The van der Waals surface area contributed by atoms with Gasteiger partial charge in [-0.2, -0.15) is 0 Å². The van der Waals surface area contributed by atoms with Gasteiger partial charge in [-0.3, -0.25) is 0 Å². The highest BCUT2D eigenvalue weighted by molar-refractivity contribution is 4.89. The van der Waals surface area contributed by atoms with E-state index in [0.29, 0.717) is 0 Å². The van der Waals surface area contributed by atoms with E-state index in [1.165, 1.54) is 64.7 Å². The van der Waals surface area contributed by atoms with E-state index in [0.717, 1.165) is 17.9 Å². The van der Waals surface area contributed by atoms with Crippen LogP contribution in [0, 0.1) is 11.8 Å². The molecule has 0 aromatic heterocycles. The van der Waals surface area contributed by atoms with Gasteiger partial charge >= 0.3 is 0 Å². The Labute approximate surface area is 107 Å². The molecule has 1 heterocycles. The SMILES string of the molecule is CC(C)CCCCN1CCCNC(C2CC2)C1. The third kappa shape index (κ3) is 4.97. The topological polar surface area (TPSA) is 15.3 Å². The molecule has 100 valence electrons. The first kappa shape index (κ1) is 13.4. The first-order chi connectivity index (χ1) is 8.25. The van der Waals surface area contributed by atoms with E-state index in [-0.39, 0.29) is 0 Å². The molecule has 2 aliphatic rings. The first-order valence-corrected chi connectivity index (χ1v) is 7.71. The minimum absolute atomic E-state index is 0.808. The lowest BCUT2D eigenvalue weighted by atomic mass is 10.1. The Bertz CT molecular complexity index is 211. The lowest BCUT2D eigenvalue weighted by Crippen LogP contribution is -2.39. The Morgan fingerprint density at radius 1 is 1.24 bits per heavy atom. The summed E-state index contributed by atoms with van der Waals surface area (Å²) in [4.78, 5) is 2.71. The van der Waals surface area contributed by atoms with Crippen molar-refractivity contribution >= 4 is 0 Å². The van der Waals surface area contributed by atoms with E-state index >= 15 is 0 Å². The molecular weight excluding hydrogens is 208 g/mol. The molecule has 0 aromatic rings. The van der Waals surface area contributed by atoms with Gasteiger partial charge in [-0.05, 0) is 57.2 Å². The molecule has 0 amide bonds. The van der Waals surface area contributed by atoms with Crippen LogP contribution in [0.25, 0.3) is 0 Å². The Morgan fingerprint density at radius 2 is 2.06 bits per heavy atom. The van der Waals surface area contributed by atoms with Crippen LogP contribution in [-0.2, 0) is 0 Å². The van der Waals surface area contributed by atoms with Gasteiger partial charge < -0.3 is 10.2 Å². The fourth-order valence-electron chi connectivity index (χ4n) is 2.93. The van der Waals surface area contributed by atoms with Gasteiger partial charge in [-0.25, -0.2) is 0 Å². The average molecular weight is 238 g/mol. The van der Waals surface area contributed by atoms with Crippen LogP contribution >= 0.6 is 0 Å². The molecule has 2 nitrogen and oxygen atoms in total. The molecule has 2 fully saturated rings. The number of unbranched alkanes of at least 4 members (excludes halogenated alkanes) is 1. The van der Waals surface area contributed by atoms with Crippen molar-refractivity contribution in [1.29, 1.82) is 0 Å². The molecule has 1 aliphatic carbocycles. The molecule has 1 saturated carbocycles. The number of nitrogens with one attached hydrogen (secondary N) is 1. The Balaban J connectivity index is 1.64. The van der Waals surface area contributed by atoms with Gasteiger partial charge in [0.1, 0.15) is 0 Å². The number of hydrogen-bond donors (Lipinski definition) is 1. The minimum atomic E-state index is 0.808. The second kappa shape index (κ2) is 6.75. The molecule has 0 aromatic carbocycles. The molecule has 0 bridgehead atoms. The van der Waals surface area contributed by atoms with E-state index in [4.69, 9.17) is 0 Å². The predicted molar refractivity (Wildman–Crippen MR) is 74.3 cm³/mol. The molecule has 0 radical (unpaired) electrons. The predicted octanol–water partition coefficient (Wildman–Crippen LogP) is 2.89. The summed E-state index contributed by atoms with van der Waals surface area (Å²) < 4.78 is 0. The zero-order chi connectivity index (χ0) is 12.1. The van der Waals surface area contributed by atoms with E-state index in [1.54, 1.807) is 0 Å². The lowest BCUT2D eigenvalue weighted by molar-refractivity contribution is 0.251. The fraction of sp³-hybridized carbons (Fsp3) is 1.00. The quantitative estimate of drug-likeness (QED) is 0.716. The lowest BCUT2D eigenvalue weighted by Gasteiger charge is -2.24. The Morgan fingerprint density at radius 3 is 2.76 bits per heavy atom. The van der Waals surface area contributed by atoms with Crippen LogP contribution in [0.4, 0.5) is 0 Å². The molecule has 2 heteroatoms. The zero-order valence-corrected chi connectivity index (χ0v) is 11.8. The van der Waals surface area contributed by atoms with Gasteiger partial charge in [-0.15, -0.1) is 0 Å². The normalized spacial score (nSPS) is 27.4. The number of nitrogens with zero attached hydrogens (tertiary/aromatic N) is 1. The molecule has 1 atom stereocenters. The standard InChI is InChI=1S/C15H30N2/c1-13(2)6-3-4-10-17-11-5-9-16-15(12-17)14-7-8-14/h13-16H,3-12H2,1-2H3. The van der Waals surface area contributed by atoms with Crippen molar-refractivity contribution in [2.24, 2.45) is 11.8 Å². The smallest absolute Gasteiger partial charge is 0.0223 e. The summed E-state index contributed by atoms with van der Waals surface area (Å²) in [6.45, 7) is 9.86. The van der Waals surface area contributed by atoms with Crippen molar-refractivity contribution in [1.82, 2.24) is 10.2 Å². The molecule has 1 unspecified atom stereocenters. The molecule has 17 heavy (non-hydrogen) atoms. The average Bonchev–Trinajstić information content (AvgIpc) is 3.10. The maximum atomic E-state index is 3.74. The maximum Gasteiger partial charge on any atom is 0.0223 e. The maximum absolute atomic E-state index is 3.74. The van der Waals surface area contributed by atoms with Crippen LogP contribution in [-0.4, -0.2) is 37.1 Å². The van der Waals surface area contributed by atoms with E-state index in [1.807, 2.05) is 0 Å². The van der Waals surface area contributed by atoms with Gasteiger partial charge in [0.05, 0.1) is 0 Å². The summed E-state index contributed by atoms with van der Waals surface area (Å²) in [5.74, 6) is 1.88. The largest absolute Gasteiger partial charge is 0.312 e. The van der Waals surface area contributed by atoms with Crippen molar-refractivity contribution < 1.29 is 0 Å². The van der Waals surface area contributed by atoms with Gasteiger partial charge in [0, 0.05) is 12.6 Å². The van der Waals surface area contributed by atoms with Crippen LogP contribution < -0.4 is 5.32 Å². The van der Waals surface area contributed by atoms with Gasteiger partial charge in [0.2, 0.25) is 0 Å². The molecule has 0 spiro atoms. The molecule has 1 aliphatic heterocycles. The second-order valence-corrected chi connectivity index (χ2v) is 6.44. The Hall–Kier alpha value is -0.0800. The van der Waals surface area contributed by atoms with Gasteiger partial charge in [-0.1, -0.05) is 26.7 Å². The number of rotatable bonds is 6. The highest BCUT2D eigenvalue weighted by Crippen LogP contribution is 2.33. The Kier molecular flexibility index (Phi) is 5.30. The second-order valence-electron chi connectivity index (χ2n) is 6.44. The first-order valence-electron chi connectivity index (χ1n) is 7.71. The third-order valence-corrected chi connectivity index (χ3v) is 4.21. The van der Waals surface area contributed by atoms with Crippen molar-refractivity contribution in [3.63, 3.8) is 0 Å². The third-order valence-electron chi connectivity index (χ3n) is 4.21. The van der Waals surface area contributed by atoms with E-state index < -0.39 is 0 Å². The minimum Gasteiger partial charge on any atom is -0.312 e. The summed E-state index contributed by atoms with van der Waals surface area (Å²) >= 11 is 0. The summed E-state index contributed by atoms with van der Waals surface area (Å²) in [6.07, 6.45) is 8.49. The number of hydrogen-bond acceptors (Lipinski definition) is 2. The fourth-order valence-corrected chi connectivity index (χ4v) is 2.93. The van der Waals surface area contributed by atoms with Crippen molar-refractivity contribution in [3.8, 4) is 0 Å². The molecule has 2 rings (SSSR count). The summed E-state index contributed by atoms with van der Waals surface area (Å²) in [6, 6.07) is 0.808. The summed E-state index contributed by atoms with van der Waals surface area (Å²) in [7, 11) is 0. The van der Waals surface area contributed by atoms with Crippen molar-refractivity contribution in [2.75, 3.05) is 26.2 Å². The molecular formula is C15H30N2. The van der Waals surface area contributed by atoms with Crippen LogP contribution in [0.2, 0.25) is 0 Å². The van der Waals surface area contributed by atoms with Crippen LogP contribution in [0.3, 0.4) is 0 Å². The van der Waals surface area contributed by atoms with Crippen molar-refractivity contribution in [2.45, 2.75) is 58.4 Å². The zero-order valence-electron chi connectivity index (χ0n) is 11.8. The van der Waals surface area contributed by atoms with Crippen molar-refractivity contribution in [3.05, 3.63) is 0 Å².